The van der Waals surface area contributed by atoms with Crippen LogP contribution in [-0.4, -0.2) is 16.3 Å². The monoisotopic (exact) mass is 321 g/mol. The molecule has 5 heteroatoms. The highest BCUT2D eigenvalue weighted by molar-refractivity contribution is 9.10. The molecule has 0 unspecified atom stereocenters. The van der Waals surface area contributed by atoms with Gasteiger partial charge in [0, 0.05) is 13.6 Å². The maximum Gasteiger partial charge on any atom is 0.282 e. The van der Waals surface area contributed by atoms with Gasteiger partial charge in [-0.2, -0.15) is 5.10 Å². The predicted molar refractivity (Wildman–Crippen MR) is 80.6 cm³/mol. The number of halogens is 1. The highest BCUT2D eigenvalue weighted by Crippen LogP contribution is 2.16. The molecule has 0 radical (unpaired) electrons. The van der Waals surface area contributed by atoms with Crippen molar-refractivity contribution >= 4 is 21.6 Å². The summed E-state index contributed by atoms with van der Waals surface area (Å²) in [6, 6.07) is 8.30. The second kappa shape index (κ2) is 6.02. The van der Waals surface area contributed by atoms with Crippen LogP contribution in [0.25, 0.3) is 0 Å². The molecule has 0 spiro atoms. The van der Waals surface area contributed by atoms with E-state index in [1.54, 1.807) is 13.2 Å². The van der Waals surface area contributed by atoms with Crippen molar-refractivity contribution in [1.82, 2.24) is 9.78 Å². The number of anilines is 1. The van der Waals surface area contributed by atoms with E-state index in [0.717, 1.165) is 18.7 Å². The Bertz CT molecular complexity index is 637. The van der Waals surface area contributed by atoms with E-state index in [9.17, 15) is 4.79 Å². The number of rotatable bonds is 4. The summed E-state index contributed by atoms with van der Waals surface area (Å²) in [4.78, 5) is 11.7. The lowest BCUT2D eigenvalue weighted by atomic mass is 10.1. The van der Waals surface area contributed by atoms with Gasteiger partial charge in [-0.05, 0) is 40.4 Å². The van der Waals surface area contributed by atoms with Crippen LogP contribution >= 0.6 is 15.9 Å². The molecule has 100 valence electrons. The van der Waals surface area contributed by atoms with Gasteiger partial charge in [0.25, 0.3) is 5.56 Å². The van der Waals surface area contributed by atoms with Crippen LogP contribution in [0.5, 0.6) is 0 Å². The van der Waals surface area contributed by atoms with Crippen LogP contribution in [0.3, 0.4) is 0 Å². The van der Waals surface area contributed by atoms with Gasteiger partial charge in [-0.25, -0.2) is 4.68 Å². The molecule has 0 atom stereocenters. The van der Waals surface area contributed by atoms with E-state index in [2.05, 4.69) is 45.4 Å². The fraction of sp³-hybridized carbons (Fsp3) is 0.286. The lowest BCUT2D eigenvalue weighted by molar-refractivity contribution is 0.703. The van der Waals surface area contributed by atoms with Crippen molar-refractivity contribution in [3.05, 3.63) is 56.4 Å². The summed E-state index contributed by atoms with van der Waals surface area (Å²) in [5.41, 5.74) is 3.19. The highest BCUT2D eigenvalue weighted by atomic mass is 79.9. The number of aryl methyl sites for hydroxylation is 2. The molecule has 2 rings (SSSR count). The molecule has 0 aliphatic carbocycles. The average molecular weight is 322 g/mol. The molecule has 0 aliphatic rings. The Balaban J connectivity index is 2.03. The molecule has 1 heterocycles. The normalized spacial score (nSPS) is 10.5. The zero-order chi connectivity index (χ0) is 13.8. The van der Waals surface area contributed by atoms with Gasteiger partial charge in [-0.15, -0.1) is 0 Å². The molecular weight excluding hydrogens is 306 g/mol. The molecule has 0 aliphatic heterocycles. The SMILES string of the molecule is Cc1ccccc1CCNc1cnn(C)c(=O)c1Br. The number of nitrogens with one attached hydrogen (secondary N) is 1. The molecule has 0 amide bonds. The molecule has 0 fully saturated rings. The lowest BCUT2D eigenvalue weighted by Gasteiger charge is -2.09. The summed E-state index contributed by atoms with van der Waals surface area (Å²) < 4.78 is 1.83. The Morgan fingerprint density at radius 1 is 1.37 bits per heavy atom. The number of hydrogen-bond acceptors (Lipinski definition) is 3. The van der Waals surface area contributed by atoms with Gasteiger partial charge in [0.15, 0.2) is 0 Å². The third-order valence-electron chi connectivity index (χ3n) is 3.05. The highest BCUT2D eigenvalue weighted by Gasteiger charge is 2.06. The standard InChI is InChI=1S/C14H16BrN3O/c1-10-5-3-4-6-11(10)7-8-16-12-9-17-18(2)14(19)13(12)15/h3-6,9,16H,7-8H2,1-2H3. The topological polar surface area (TPSA) is 46.9 Å². The minimum Gasteiger partial charge on any atom is -0.382 e. The molecule has 19 heavy (non-hydrogen) atoms. The second-order valence-corrected chi connectivity index (χ2v) is 5.20. The van der Waals surface area contributed by atoms with Crippen LogP contribution in [0.4, 0.5) is 5.69 Å². The van der Waals surface area contributed by atoms with Gasteiger partial charge in [-0.1, -0.05) is 24.3 Å². The number of hydrogen-bond donors (Lipinski definition) is 1. The van der Waals surface area contributed by atoms with Crippen LogP contribution in [0.1, 0.15) is 11.1 Å². The van der Waals surface area contributed by atoms with Crippen LogP contribution in [0, 0.1) is 6.92 Å². The van der Waals surface area contributed by atoms with E-state index in [-0.39, 0.29) is 5.56 Å². The lowest BCUT2D eigenvalue weighted by Crippen LogP contribution is -2.21. The minimum absolute atomic E-state index is 0.138. The number of benzene rings is 1. The van der Waals surface area contributed by atoms with Crippen molar-refractivity contribution in [1.29, 1.82) is 0 Å². The average Bonchev–Trinajstić information content (AvgIpc) is 2.41. The predicted octanol–water partition coefficient (Wildman–Crippen LogP) is 2.51. The van der Waals surface area contributed by atoms with Gasteiger partial charge >= 0.3 is 0 Å². The quantitative estimate of drug-likeness (QED) is 0.941. The fourth-order valence-electron chi connectivity index (χ4n) is 1.86. The third-order valence-corrected chi connectivity index (χ3v) is 3.82. The van der Waals surface area contributed by atoms with Crippen LogP contribution in [-0.2, 0) is 13.5 Å². The zero-order valence-electron chi connectivity index (χ0n) is 11.0. The maximum atomic E-state index is 11.7. The van der Waals surface area contributed by atoms with Gasteiger partial charge < -0.3 is 5.32 Å². The minimum atomic E-state index is -0.138. The maximum absolute atomic E-state index is 11.7. The van der Waals surface area contributed by atoms with Crippen molar-refractivity contribution < 1.29 is 0 Å². The Morgan fingerprint density at radius 2 is 2.11 bits per heavy atom. The number of aromatic nitrogens is 2. The van der Waals surface area contributed by atoms with Crippen molar-refractivity contribution in [2.45, 2.75) is 13.3 Å². The van der Waals surface area contributed by atoms with Crippen LogP contribution in [0.15, 0.2) is 39.7 Å². The van der Waals surface area contributed by atoms with Gasteiger partial charge in [0.2, 0.25) is 0 Å². The molecular formula is C14H16BrN3O. The first-order chi connectivity index (χ1) is 9.09. The zero-order valence-corrected chi connectivity index (χ0v) is 12.6. The summed E-state index contributed by atoms with van der Waals surface area (Å²) in [6.07, 6.45) is 2.57. The van der Waals surface area contributed by atoms with E-state index in [1.807, 2.05) is 12.1 Å². The van der Waals surface area contributed by atoms with E-state index < -0.39 is 0 Å². The molecule has 1 aromatic carbocycles. The Morgan fingerprint density at radius 3 is 2.84 bits per heavy atom. The first-order valence-electron chi connectivity index (χ1n) is 6.10. The second-order valence-electron chi connectivity index (χ2n) is 4.40. The summed E-state index contributed by atoms with van der Waals surface area (Å²) in [5.74, 6) is 0. The van der Waals surface area contributed by atoms with Crippen LogP contribution in [0.2, 0.25) is 0 Å². The number of nitrogens with zero attached hydrogens (tertiary/aromatic N) is 2. The van der Waals surface area contributed by atoms with E-state index in [0.29, 0.717) is 4.47 Å². The molecule has 0 bridgehead atoms. The molecule has 2 aromatic rings. The first kappa shape index (κ1) is 13.8. The summed E-state index contributed by atoms with van der Waals surface area (Å²) >= 11 is 3.30. The van der Waals surface area contributed by atoms with Crippen molar-refractivity contribution in [3.8, 4) is 0 Å². The first-order valence-corrected chi connectivity index (χ1v) is 6.89. The van der Waals surface area contributed by atoms with Gasteiger partial charge in [0.05, 0.1) is 11.9 Å². The molecule has 0 saturated carbocycles. The third kappa shape index (κ3) is 3.23. The molecule has 1 N–H and O–H groups in total. The van der Waals surface area contributed by atoms with Gasteiger partial charge in [0.1, 0.15) is 4.47 Å². The van der Waals surface area contributed by atoms with Crippen molar-refractivity contribution in [2.24, 2.45) is 7.05 Å². The Hall–Kier alpha value is -1.62. The van der Waals surface area contributed by atoms with E-state index in [4.69, 9.17) is 0 Å². The van der Waals surface area contributed by atoms with E-state index >= 15 is 0 Å². The van der Waals surface area contributed by atoms with Crippen molar-refractivity contribution in [3.63, 3.8) is 0 Å². The summed E-state index contributed by atoms with van der Waals surface area (Å²) in [7, 11) is 1.63. The van der Waals surface area contributed by atoms with E-state index in [1.165, 1.54) is 15.8 Å². The largest absolute Gasteiger partial charge is 0.382 e. The Kier molecular flexibility index (Phi) is 4.37. The fourth-order valence-corrected chi connectivity index (χ4v) is 2.36. The van der Waals surface area contributed by atoms with Gasteiger partial charge in [-0.3, -0.25) is 4.79 Å². The molecule has 0 saturated heterocycles. The van der Waals surface area contributed by atoms with Crippen LogP contribution < -0.4 is 10.9 Å². The summed E-state index contributed by atoms with van der Waals surface area (Å²) in [6.45, 7) is 2.86. The molecule has 1 aromatic heterocycles. The molecule has 4 nitrogen and oxygen atoms in total. The summed E-state index contributed by atoms with van der Waals surface area (Å²) in [5, 5.41) is 7.23. The Labute approximate surface area is 120 Å². The van der Waals surface area contributed by atoms with Crippen molar-refractivity contribution in [2.75, 3.05) is 11.9 Å². The smallest absolute Gasteiger partial charge is 0.282 e.